The van der Waals surface area contributed by atoms with E-state index in [0.717, 1.165) is 9.52 Å². The molecule has 0 nitrogen and oxygen atoms in total. The third kappa shape index (κ3) is 10.9. The van der Waals surface area contributed by atoms with E-state index in [0.29, 0.717) is 0 Å². The van der Waals surface area contributed by atoms with Crippen LogP contribution in [0.15, 0.2) is 200 Å². The van der Waals surface area contributed by atoms with Crippen molar-refractivity contribution in [1.29, 1.82) is 0 Å². The minimum Gasteiger partial charge on any atom is -0.184 e. The van der Waals surface area contributed by atoms with Gasteiger partial charge in [0.15, 0.2) is 0 Å². The fourth-order valence-corrected chi connectivity index (χ4v) is 10.5. The molecule has 338 valence electrons. The van der Waals surface area contributed by atoms with E-state index in [1.165, 1.54) is 110 Å². The summed E-state index contributed by atoms with van der Waals surface area (Å²) in [6.07, 6.45) is 0. The van der Waals surface area contributed by atoms with Gasteiger partial charge in [0, 0.05) is 0 Å². The summed E-state index contributed by atoms with van der Waals surface area (Å²) in [5.74, 6) is 0. The van der Waals surface area contributed by atoms with E-state index in [4.69, 9.17) is 17.0 Å². The monoisotopic (exact) mass is 1010 g/mol. The van der Waals surface area contributed by atoms with Crippen molar-refractivity contribution in [3.8, 4) is 55.6 Å². The summed E-state index contributed by atoms with van der Waals surface area (Å²) in [4.78, 5) is 0. The number of fused-ring (bicyclic) bond motifs is 5. The quantitative estimate of drug-likeness (QED) is 0.122. The Labute approximate surface area is 426 Å². The molecule has 0 saturated heterocycles. The van der Waals surface area contributed by atoms with Crippen LogP contribution in [0.3, 0.4) is 0 Å². The van der Waals surface area contributed by atoms with Crippen LogP contribution in [0.1, 0.15) is 63.8 Å². The number of benzene rings is 8. The topological polar surface area (TPSA) is 0 Å². The van der Waals surface area contributed by atoms with Crippen LogP contribution in [0, 0.1) is 19.9 Å². The second-order valence-electron chi connectivity index (χ2n) is 19.5. The summed E-state index contributed by atoms with van der Waals surface area (Å²) < 4.78 is 0. The Kier molecular flexibility index (Phi) is 15.5. The molecule has 0 aromatic heterocycles. The smallest absolute Gasteiger partial charge is 0.0920 e. The van der Waals surface area contributed by atoms with E-state index >= 15 is 0 Å². The largest absolute Gasteiger partial charge is 0.184 e. The molecule has 0 atom stereocenters. The van der Waals surface area contributed by atoms with Crippen LogP contribution in [-0.4, -0.2) is 9.52 Å². The molecule has 0 aliphatic carbocycles. The van der Waals surface area contributed by atoms with E-state index in [2.05, 4.69) is 256 Å². The van der Waals surface area contributed by atoms with Gasteiger partial charge < -0.3 is 0 Å². The van der Waals surface area contributed by atoms with Crippen molar-refractivity contribution < 1.29 is 20.8 Å². The van der Waals surface area contributed by atoms with Crippen molar-refractivity contribution in [2.24, 2.45) is 0 Å². The van der Waals surface area contributed by atoms with Gasteiger partial charge in [-0.05, 0) is 69.2 Å². The Morgan fingerprint density at radius 3 is 1.28 bits per heavy atom. The van der Waals surface area contributed by atoms with Crippen molar-refractivity contribution >= 4 is 58.5 Å². The van der Waals surface area contributed by atoms with Gasteiger partial charge in [0.1, 0.15) is 0 Å². The predicted molar refractivity (Wildman–Crippen MR) is 295 cm³/mol. The molecule has 10 aromatic rings. The average molecular weight is 1020 g/mol. The zero-order chi connectivity index (χ0) is 48.0. The first-order valence-electron chi connectivity index (χ1n) is 23.3. The maximum atomic E-state index is 4.93. The zero-order valence-corrected chi connectivity index (χ0v) is 45.3. The van der Waals surface area contributed by atoms with E-state index < -0.39 is 20.8 Å². The predicted octanol–water partition coefficient (Wildman–Crippen LogP) is 17.5. The van der Waals surface area contributed by atoms with Gasteiger partial charge in [0.25, 0.3) is 0 Å². The first-order chi connectivity index (χ1) is 32.8. The van der Waals surface area contributed by atoms with Crippen LogP contribution in [-0.2, 0) is 31.7 Å². The van der Waals surface area contributed by atoms with Gasteiger partial charge in [-0.2, -0.15) is 41.6 Å². The SMILES string of the molecule is Cc1ccccc1-c1c(-c2ccccc2)ccc2[cH-]c(C(C)(C)C)cc12.Cc1ccccc1-c1c(-c2ccccc2)ccc2[cH-]c(C(C)(C)C)cc12.[Cl][Zr][Cl].[c-]1cccc2c1[Si]c1ccccc1-2. The third-order valence-electron chi connectivity index (χ3n) is 12.8. The van der Waals surface area contributed by atoms with E-state index in [1.807, 2.05) is 6.07 Å². The Hall–Kier alpha value is -5.34. The molecule has 1 aliphatic rings. The Bertz CT molecular complexity index is 3070. The molecule has 1 heterocycles. The minimum atomic E-state index is -0.826. The summed E-state index contributed by atoms with van der Waals surface area (Å²) in [6.45, 7) is 18.1. The van der Waals surface area contributed by atoms with E-state index in [9.17, 15) is 0 Å². The van der Waals surface area contributed by atoms with Gasteiger partial charge in [0.2, 0.25) is 0 Å². The van der Waals surface area contributed by atoms with Gasteiger partial charge in [0.05, 0.1) is 9.52 Å². The first-order valence-corrected chi connectivity index (χ1v) is 30.6. The fourth-order valence-electron chi connectivity index (χ4n) is 9.16. The molecule has 4 heteroatoms. The molecule has 0 unspecified atom stereocenters. The van der Waals surface area contributed by atoms with Crippen LogP contribution in [0.5, 0.6) is 0 Å². The van der Waals surface area contributed by atoms with Crippen molar-refractivity contribution in [1.82, 2.24) is 0 Å². The molecule has 1 aliphatic heterocycles. The van der Waals surface area contributed by atoms with Gasteiger partial charge in [-0.3, -0.25) is 0 Å². The number of rotatable bonds is 4. The van der Waals surface area contributed by atoms with Crippen LogP contribution >= 0.6 is 17.0 Å². The van der Waals surface area contributed by atoms with E-state index in [1.54, 1.807) is 0 Å². The molecule has 2 radical (unpaired) electrons. The normalized spacial score (nSPS) is 11.6. The molecule has 10 aromatic carbocycles. The maximum absolute atomic E-state index is 4.93. The summed E-state index contributed by atoms with van der Waals surface area (Å²) in [6, 6.07) is 75.7. The van der Waals surface area contributed by atoms with Crippen LogP contribution in [0.2, 0.25) is 0 Å². The second kappa shape index (κ2) is 21.5. The van der Waals surface area contributed by atoms with Crippen LogP contribution in [0.4, 0.5) is 0 Å². The number of aryl methyl sites for hydroxylation is 2. The molecular weight excluding hydrogens is 959 g/mol. The molecule has 0 amide bonds. The molecule has 0 saturated carbocycles. The van der Waals surface area contributed by atoms with Crippen molar-refractivity contribution in [2.45, 2.75) is 66.2 Å². The molecular formula is C64H57Cl2SiZr-3. The Morgan fingerprint density at radius 1 is 0.441 bits per heavy atom. The van der Waals surface area contributed by atoms with Crippen molar-refractivity contribution in [2.75, 3.05) is 0 Å². The average Bonchev–Trinajstić information content (AvgIpc) is 4.09. The van der Waals surface area contributed by atoms with Crippen LogP contribution < -0.4 is 10.4 Å². The molecule has 0 spiro atoms. The fraction of sp³-hybridized carbons (Fsp3) is 0.156. The molecule has 0 bridgehead atoms. The van der Waals surface area contributed by atoms with E-state index in [-0.39, 0.29) is 10.8 Å². The van der Waals surface area contributed by atoms with Gasteiger partial charge in [-0.25, -0.2) is 0 Å². The summed E-state index contributed by atoms with van der Waals surface area (Å²) >= 11 is -0.826. The maximum Gasteiger partial charge on any atom is 0.0920 e. The van der Waals surface area contributed by atoms with Gasteiger partial charge >= 0.3 is 37.9 Å². The Balaban J connectivity index is 0.000000140. The first kappa shape index (κ1) is 49.1. The van der Waals surface area contributed by atoms with Crippen molar-refractivity contribution in [3.63, 3.8) is 0 Å². The molecule has 0 fully saturated rings. The molecule has 11 rings (SSSR count). The molecule has 0 N–H and O–H groups in total. The van der Waals surface area contributed by atoms with Gasteiger partial charge in [-0.15, -0.1) is 62.5 Å². The van der Waals surface area contributed by atoms with Gasteiger partial charge in [-0.1, -0.05) is 209 Å². The molecule has 68 heavy (non-hydrogen) atoms. The summed E-state index contributed by atoms with van der Waals surface area (Å²) in [5.41, 5.74) is 19.0. The van der Waals surface area contributed by atoms with Crippen LogP contribution in [0.25, 0.3) is 77.2 Å². The summed E-state index contributed by atoms with van der Waals surface area (Å²) in [7, 11) is 10.7. The Morgan fingerprint density at radius 2 is 0.838 bits per heavy atom. The zero-order valence-electron chi connectivity index (χ0n) is 40.3. The standard InChI is InChI=1S/2C26H25.C12H7Si.2ClH.Zr/c2*1-18-10-8-9-13-22(18)25-23(19-11-6-5-7-12-19)15-14-20-16-21(17-24(20)25)26(2,3)4;1-3-7-11-9(5-1)10-6-2-4-8-12(10)13-11;;;/h2*5-17H,1-4H3;1-7H;2*1H;/q3*-1;;;+2/p-2. The number of hydrogen-bond acceptors (Lipinski definition) is 0. The minimum absolute atomic E-state index is 0.148. The number of halogens is 2. The second-order valence-corrected chi connectivity index (χ2v) is 24.6. The summed E-state index contributed by atoms with van der Waals surface area (Å²) in [5, 5.41) is 8.18. The third-order valence-corrected chi connectivity index (χ3v) is 14.2. The number of hydrogen-bond donors (Lipinski definition) is 0. The van der Waals surface area contributed by atoms with Crippen molar-refractivity contribution in [3.05, 3.63) is 229 Å².